The van der Waals surface area contributed by atoms with Crippen LogP contribution in [0, 0.1) is 12.8 Å². The van der Waals surface area contributed by atoms with E-state index < -0.39 is 0 Å². The maximum atomic E-state index is 12.5. The van der Waals surface area contributed by atoms with Crippen LogP contribution in [0.2, 0.25) is 0 Å². The first-order valence-electron chi connectivity index (χ1n) is 6.84. The van der Waals surface area contributed by atoms with E-state index in [0.29, 0.717) is 12.0 Å². The highest BCUT2D eigenvalue weighted by Crippen LogP contribution is 2.29. The van der Waals surface area contributed by atoms with E-state index in [-0.39, 0.29) is 5.91 Å². The van der Waals surface area contributed by atoms with Crippen molar-refractivity contribution in [1.82, 2.24) is 10.2 Å². The van der Waals surface area contributed by atoms with E-state index in [1.165, 1.54) is 5.56 Å². The summed E-state index contributed by atoms with van der Waals surface area (Å²) in [5, 5.41) is 3.42. The molecular weight excluding hydrogens is 224 g/mol. The van der Waals surface area contributed by atoms with E-state index in [1.807, 2.05) is 31.2 Å². The minimum absolute atomic E-state index is 0.212. The van der Waals surface area contributed by atoms with Gasteiger partial charge < -0.3 is 10.2 Å². The number of piperidine rings is 1. The predicted molar refractivity (Wildman–Crippen MR) is 71.6 cm³/mol. The van der Waals surface area contributed by atoms with Crippen molar-refractivity contribution >= 4 is 5.91 Å². The number of nitrogens with zero attached hydrogens (tertiary/aromatic N) is 1. The fourth-order valence-corrected chi connectivity index (χ4v) is 3.20. The van der Waals surface area contributed by atoms with E-state index in [0.717, 1.165) is 38.0 Å². The molecule has 0 aliphatic carbocycles. The summed E-state index contributed by atoms with van der Waals surface area (Å²) in [5.74, 6) is 0.873. The minimum Gasteiger partial charge on any atom is -0.335 e. The number of amides is 1. The third-order valence-corrected chi connectivity index (χ3v) is 4.27. The first kappa shape index (κ1) is 11.7. The Hall–Kier alpha value is -1.35. The topological polar surface area (TPSA) is 32.3 Å². The number of benzene rings is 1. The Bertz CT molecular complexity index is 440. The van der Waals surface area contributed by atoms with Gasteiger partial charge in [-0.15, -0.1) is 0 Å². The molecule has 3 nitrogen and oxygen atoms in total. The number of rotatable bonds is 1. The molecule has 1 aromatic carbocycles. The van der Waals surface area contributed by atoms with Crippen LogP contribution in [0.15, 0.2) is 24.3 Å². The number of nitrogens with one attached hydrogen (secondary N) is 1. The minimum atomic E-state index is 0.212. The molecule has 2 unspecified atom stereocenters. The van der Waals surface area contributed by atoms with Crippen LogP contribution in [0.3, 0.4) is 0 Å². The van der Waals surface area contributed by atoms with Crippen LogP contribution < -0.4 is 5.32 Å². The van der Waals surface area contributed by atoms with Crippen LogP contribution >= 0.6 is 0 Å². The van der Waals surface area contributed by atoms with Crippen molar-refractivity contribution < 1.29 is 4.79 Å². The normalized spacial score (nSPS) is 27.1. The standard InChI is InChI=1S/C15H20N2O/c1-11-2-4-12(5-3-11)15(18)17-9-7-13-10-16-8-6-14(13)17/h2-5,13-14,16H,6-10H2,1H3. The Labute approximate surface area is 108 Å². The molecule has 96 valence electrons. The van der Waals surface area contributed by atoms with Crippen molar-refractivity contribution in [1.29, 1.82) is 0 Å². The van der Waals surface area contributed by atoms with E-state index in [2.05, 4.69) is 10.2 Å². The Kier molecular flexibility index (Phi) is 3.08. The molecule has 2 atom stereocenters. The fraction of sp³-hybridized carbons (Fsp3) is 0.533. The lowest BCUT2D eigenvalue weighted by Gasteiger charge is -2.32. The lowest BCUT2D eigenvalue weighted by molar-refractivity contribution is 0.0697. The number of hydrogen-bond donors (Lipinski definition) is 1. The average Bonchev–Trinajstić information content (AvgIpc) is 2.82. The predicted octanol–water partition coefficient (Wildman–Crippen LogP) is 1.82. The lowest BCUT2D eigenvalue weighted by atomic mass is 9.94. The Balaban J connectivity index is 1.78. The molecule has 2 fully saturated rings. The zero-order valence-electron chi connectivity index (χ0n) is 10.9. The first-order chi connectivity index (χ1) is 8.75. The van der Waals surface area contributed by atoms with Crippen LogP contribution in [-0.2, 0) is 0 Å². The summed E-state index contributed by atoms with van der Waals surface area (Å²) < 4.78 is 0. The van der Waals surface area contributed by atoms with Gasteiger partial charge in [0.25, 0.3) is 5.91 Å². The zero-order chi connectivity index (χ0) is 12.5. The third kappa shape index (κ3) is 2.03. The molecule has 0 bridgehead atoms. The van der Waals surface area contributed by atoms with Gasteiger partial charge in [0, 0.05) is 18.2 Å². The van der Waals surface area contributed by atoms with Gasteiger partial charge in [-0.3, -0.25) is 4.79 Å². The Morgan fingerprint density at radius 3 is 2.83 bits per heavy atom. The van der Waals surface area contributed by atoms with Gasteiger partial charge in [0.2, 0.25) is 0 Å². The van der Waals surface area contributed by atoms with Crippen LogP contribution in [0.1, 0.15) is 28.8 Å². The van der Waals surface area contributed by atoms with Gasteiger partial charge in [-0.25, -0.2) is 0 Å². The van der Waals surface area contributed by atoms with Gasteiger partial charge in [-0.05, 0) is 50.9 Å². The molecule has 18 heavy (non-hydrogen) atoms. The molecule has 0 aromatic heterocycles. The molecule has 2 aliphatic heterocycles. The smallest absolute Gasteiger partial charge is 0.254 e. The van der Waals surface area contributed by atoms with Crippen molar-refractivity contribution in [3.8, 4) is 0 Å². The van der Waals surface area contributed by atoms with Crippen LogP contribution in [0.5, 0.6) is 0 Å². The number of fused-ring (bicyclic) bond motifs is 1. The summed E-state index contributed by atoms with van der Waals surface area (Å²) in [4.78, 5) is 14.6. The molecule has 3 rings (SSSR count). The molecular formula is C15H20N2O. The van der Waals surface area contributed by atoms with Gasteiger partial charge in [-0.2, -0.15) is 0 Å². The zero-order valence-corrected chi connectivity index (χ0v) is 10.9. The summed E-state index contributed by atoms with van der Waals surface area (Å²) >= 11 is 0. The Morgan fingerprint density at radius 2 is 2.06 bits per heavy atom. The van der Waals surface area contributed by atoms with Crippen LogP contribution in [0.25, 0.3) is 0 Å². The quantitative estimate of drug-likeness (QED) is 0.817. The van der Waals surface area contributed by atoms with Gasteiger partial charge in [0.1, 0.15) is 0 Å². The van der Waals surface area contributed by atoms with Crippen molar-refractivity contribution in [2.75, 3.05) is 19.6 Å². The van der Waals surface area contributed by atoms with Crippen molar-refractivity contribution in [2.45, 2.75) is 25.8 Å². The van der Waals surface area contributed by atoms with Crippen molar-refractivity contribution in [3.05, 3.63) is 35.4 Å². The van der Waals surface area contributed by atoms with E-state index in [1.54, 1.807) is 0 Å². The third-order valence-electron chi connectivity index (χ3n) is 4.27. The summed E-state index contributed by atoms with van der Waals surface area (Å²) in [6.45, 7) is 5.08. The van der Waals surface area contributed by atoms with Crippen LogP contribution in [0.4, 0.5) is 0 Å². The first-order valence-corrected chi connectivity index (χ1v) is 6.84. The molecule has 2 aliphatic rings. The van der Waals surface area contributed by atoms with Gasteiger partial charge in [0.05, 0.1) is 0 Å². The second-order valence-corrected chi connectivity index (χ2v) is 5.47. The van der Waals surface area contributed by atoms with E-state index in [4.69, 9.17) is 0 Å². The highest BCUT2D eigenvalue weighted by Gasteiger charge is 2.38. The monoisotopic (exact) mass is 244 g/mol. The highest BCUT2D eigenvalue weighted by atomic mass is 16.2. The summed E-state index contributed by atoms with van der Waals surface area (Å²) in [5.41, 5.74) is 2.03. The summed E-state index contributed by atoms with van der Waals surface area (Å²) in [6, 6.07) is 8.39. The second-order valence-electron chi connectivity index (χ2n) is 5.47. The maximum absolute atomic E-state index is 12.5. The molecule has 1 aromatic rings. The molecule has 2 heterocycles. The number of carbonyl (C=O) groups is 1. The fourth-order valence-electron chi connectivity index (χ4n) is 3.20. The molecule has 2 saturated heterocycles. The Morgan fingerprint density at radius 1 is 1.28 bits per heavy atom. The van der Waals surface area contributed by atoms with Gasteiger partial charge in [-0.1, -0.05) is 17.7 Å². The van der Waals surface area contributed by atoms with Gasteiger partial charge >= 0.3 is 0 Å². The molecule has 0 spiro atoms. The van der Waals surface area contributed by atoms with E-state index >= 15 is 0 Å². The molecule has 0 saturated carbocycles. The SMILES string of the molecule is Cc1ccc(C(=O)N2CCC3CNCCC32)cc1. The van der Waals surface area contributed by atoms with Crippen molar-refractivity contribution in [2.24, 2.45) is 5.92 Å². The lowest BCUT2D eigenvalue weighted by Crippen LogP contribution is -2.45. The maximum Gasteiger partial charge on any atom is 0.254 e. The van der Waals surface area contributed by atoms with Gasteiger partial charge in [0.15, 0.2) is 0 Å². The van der Waals surface area contributed by atoms with Crippen molar-refractivity contribution in [3.63, 3.8) is 0 Å². The average molecular weight is 244 g/mol. The molecule has 0 radical (unpaired) electrons. The number of likely N-dealkylation sites (tertiary alicyclic amines) is 1. The highest BCUT2D eigenvalue weighted by molar-refractivity contribution is 5.94. The molecule has 1 N–H and O–H groups in total. The second kappa shape index (κ2) is 4.73. The number of carbonyl (C=O) groups excluding carboxylic acids is 1. The molecule has 3 heteroatoms. The summed E-state index contributed by atoms with van der Waals surface area (Å²) in [7, 11) is 0. The van der Waals surface area contributed by atoms with Crippen LogP contribution in [-0.4, -0.2) is 36.5 Å². The number of aryl methyl sites for hydroxylation is 1. The number of hydrogen-bond acceptors (Lipinski definition) is 2. The van der Waals surface area contributed by atoms with E-state index in [9.17, 15) is 4.79 Å². The summed E-state index contributed by atoms with van der Waals surface area (Å²) in [6.07, 6.45) is 2.25. The largest absolute Gasteiger partial charge is 0.335 e. The molecule has 1 amide bonds.